The molecule has 5 rings (SSSR count). The van der Waals surface area contributed by atoms with Crippen molar-refractivity contribution >= 4 is 22.4 Å². The van der Waals surface area contributed by atoms with E-state index in [4.69, 9.17) is 9.47 Å². The number of benzene rings is 2. The van der Waals surface area contributed by atoms with Gasteiger partial charge in [0.05, 0.1) is 23.7 Å². The standard InChI is InChI=1S/C21H15N7O4/c1-31-15-6-7-16-17(10-15)22-9-8-19(16)32-12-20-24-25-21-23-11-18(26-27(20)21)13-2-4-14(5-3-13)28(29)30/h2-11H,12H2,1H3. The van der Waals surface area contributed by atoms with Crippen LogP contribution in [0, 0.1) is 10.1 Å². The van der Waals surface area contributed by atoms with E-state index < -0.39 is 4.92 Å². The van der Waals surface area contributed by atoms with E-state index in [-0.39, 0.29) is 12.3 Å². The summed E-state index contributed by atoms with van der Waals surface area (Å²) in [5.74, 6) is 2.11. The molecule has 3 aromatic heterocycles. The van der Waals surface area contributed by atoms with Crippen LogP contribution in [-0.2, 0) is 6.61 Å². The summed E-state index contributed by atoms with van der Waals surface area (Å²) in [7, 11) is 1.60. The average Bonchev–Trinajstić information content (AvgIpc) is 3.24. The number of pyridine rings is 1. The van der Waals surface area contributed by atoms with Crippen LogP contribution in [0.2, 0.25) is 0 Å². The largest absolute Gasteiger partial charge is 0.497 e. The van der Waals surface area contributed by atoms with Gasteiger partial charge in [-0.3, -0.25) is 15.1 Å². The number of rotatable bonds is 6. The lowest BCUT2D eigenvalue weighted by atomic mass is 10.1. The molecule has 0 amide bonds. The van der Waals surface area contributed by atoms with Crippen LogP contribution in [0.15, 0.2) is 60.9 Å². The fourth-order valence-corrected chi connectivity index (χ4v) is 3.21. The van der Waals surface area contributed by atoms with E-state index >= 15 is 0 Å². The molecule has 0 aliphatic rings. The van der Waals surface area contributed by atoms with Gasteiger partial charge in [-0.05, 0) is 30.3 Å². The Morgan fingerprint density at radius 2 is 1.91 bits per heavy atom. The molecular weight excluding hydrogens is 414 g/mol. The van der Waals surface area contributed by atoms with E-state index in [0.717, 1.165) is 10.9 Å². The monoisotopic (exact) mass is 429 g/mol. The highest BCUT2D eigenvalue weighted by molar-refractivity contribution is 5.85. The lowest BCUT2D eigenvalue weighted by Gasteiger charge is -2.09. The Morgan fingerprint density at radius 3 is 2.69 bits per heavy atom. The first-order valence-electron chi connectivity index (χ1n) is 9.50. The third-order valence-electron chi connectivity index (χ3n) is 4.84. The van der Waals surface area contributed by atoms with Gasteiger partial charge in [-0.25, -0.2) is 4.98 Å². The van der Waals surface area contributed by atoms with Gasteiger partial charge in [0.15, 0.2) is 5.82 Å². The van der Waals surface area contributed by atoms with Crippen LogP contribution in [0.4, 0.5) is 5.69 Å². The van der Waals surface area contributed by atoms with Gasteiger partial charge in [-0.2, -0.15) is 9.61 Å². The fourth-order valence-electron chi connectivity index (χ4n) is 3.21. The van der Waals surface area contributed by atoms with Crippen molar-refractivity contribution in [3.05, 3.63) is 76.9 Å². The third kappa shape index (κ3) is 3.51. The zero-order valence-electron chi connectivity index (χ0n) is 16.7. The summed E-state index contributed by atoms with van der Waals surface area (Å²) in [4.78, 5) is 19.0. The summed E-state index contributed by atoms with van der Waals surface area (Å²) in [5, 5.41) is 24.4. The van der Waals surface area contributed by atoms with Crippen molar-refractivity contribution < 1.29 is 14.4 Å². The number of hydrogen-bond acceptors (Lipinski definition) is 9. The van der Waals surface area contributed by atoms with E-state index in [1.165, 1.54) is 16.6 Å². The minimum atomic E-state index is -0.452. The number of non-ortho nitro benzene ring substituents is 1. The first kappa shape index (κ1) is 19.3. The number of hydrogen-bond donors (Lipinski definition) is 0. The van der Waals surface area contributed by atoms with Gasteiger partial charge in [0.1, 0.15) is 23.8 Å². The highest BCUT2D eigenvalue weighted by Gasteiger charge is 2.13. The molecule has 0 N–H and O–H groups in total. The van der Waals surface area contributed by atoms with E-state index in [9.17, 15) is 10.1 Å². The van der Waals surface area contributed by atoms with Gasteiger partial charge >= 0.3 is 0 Å². The molecular formula is C21H15N7O4. The van der Waals surface area contributed by atoms with Gasteiger partial charge < -0.3 is 9.47 Å². The first-order chi connectivity index (χ1) is 15.6. The maximum atomic E-state index is 10.9. The van der Waals surface area contributed by atoms with Crippen LogP contribution in [0.3, 0.4) is 0 Å². The van der Waals surface area contributed by atoms with Crippen LogP contribution < -0.4 is 9.47 Å². The second-order valence-electron chi connectivity index (χ2n) is 6.76. The summed E-state index contributed by atoms with van der Waals surface area (Å²) in [6, 6.07) is 13.4. The fraction of sp³-hybridized carbons (Fsp3) is 0.0952. The SMILES string of the molecule is COc1ccc2c(OCc3nnc4ncc(-c5ccc([N+](=O)[O-])cc5)nn34)ccnc2c1. The maximum Gasteiger partial charge on any atom is 0.272 e. The molecule has 0 atom stereocenters. The van der Waals surface area contributed by atoms with E-state index in [0.29, 0.717) is 34.4 Å². The summed E-state index contributed by atoms with van der Waals surface area (Å²) in [5.41, 5.74) is 1.95. The summed E-state index contributed by atoms with van der Waals surface area (Å²) in [6.45, 7) is 0.102. The zero-order chi connectivity index (χ0) is 22.1. The molecule has 11 nitrogen and oxygen atoms in total. The third-order valence-corrected chi connectivity index (χ3v) is 4.84. The topological polar surface area (TPSA) is 130 Å². The minimum absolute atomic E-state index is 0.00312. The first-order valence-corrected chi connectivity index (χ1v) is 9.50. The highest BCUT2D eigenvalue weighted by Crippen LogP contribution is 2.27. The Hall–Kier alpha value is -4.67. The summed E-state index contributed by atoms with van der Waals surface area (Å²) in [6.07, 6.45) is 3.20. The lowest BCUT2D eigenvalue weighted by molar-refractivity contribution is -0.384. The molecule has 158 valence electrons. The Kier molecular flexibility index (Phi) is 4.75. The zero-order valence-corrected chi connectivity index (χ0v) is 16.7. The number of ether oxygens (including phenoxy) is 2. The van der Waals surface area contributed by atoms with Crippen LogP contribution in [-0.4, -0.2) is 41.8 Å². The smallest absolute Gasteiger partial charge is 0.272 e. The van der Waals surface area contributed by atoms with Crippen LogP contribution in [0.1, 0.15) is 5.82 Å². The normalized spacial score (nSPS) is 11.0. The Bertz CT molecular complexity index is 1450. The van der Waals surface area contributed by atoms with Crippen molar-refractivity contribution in [2.75, 3.05) is 7.11 Å². The number of nitrogens with zero attached hydrogens (tertiary/aromatic N) is 7. The summed E-state index contributed by atoms with van der Waals surface area (Å²) < 4.78 is 12.7. The van der Waals surface area contributed by atoms with Crippen molar-refractivity contribution in [1.29, 1.82) is 0 Å². The van der Waals surface area contributed by atoms with Crippen molar-refractivity contribution in [1.82, 2.24) is 29.8 Å². The molecule has 0 spiro atoms. The molecule has 0 saturated carbocycles. The number of aromatic nitrogens is 6. The number of fused-ring (bicyclic) bond motifs is 2. The molecule has 11 heteroatoms. The second-order valence-corrected chi connectivity index (χ2v) is 6.76. The Morgan fingerprint density at radius 1 is 1.06 bits per heavy atom. The molecule has 0 aliphatic carbocycles. The average molecular weight is 429 g/mol. The van der Waals surface area contributed by atoms with Crippen molar-refractivity contribution in [2.45, 2.75) is 6.61 Å². The molecule has 0 fully saturated rings. The van der Waals surface area contributed by atoms with Gasteiger partial charge in [-0.15, -0.1) is 10.2 Å². The Labute approximate surface area is 180 Å². The lowest BCUT2D eigenvalue weighted by Crippen LogP contribution is -2.06. The van der Waals surface area contributed by atoms with Gasteiger partial charge in [0.2, 0.25) is 0 Å². The van der Waals surface area contributed by atoms with Gasteiger partial charge in [-0.1, -0.05) is 0 Å². The summed E-state index contributed by atoms with van der Waals surface area (Å²) >= 11 is 0. The van der Waals surface area contributed by atoms with Crippen molar-refractivity contribution in [2.24, 2.45) is 0 Å². The predicted octanol–water partition coefficient (Wildman–Crippen LogP) is 3.23. The molecule has 0 saturated heterocycles. The van der Waals surface area contributed by atoms with Crippen LogP contribution >= 0.6 is 0 Å². The second kappa shape index (κ2) is 7.87. The number of methoxy groups -OCH3 is 1. The molecule has 0 aliphatic heterocycles. The molecule has 2 aromatic carbocycles. The molecule has 0 unspecified atom stereocenters. The maximum absolute atomic E-state index is 10.9. The molecule has 0 radical (unpaired) electrons. The van der Waals surface area contributed by atoms with Crippen LogP contribution in [0.5, 0.6) is 11.5 Å². The van der Waals surface area contributed by atoms with E-state index in [2.05, 4.69) is 25.3 Å². The molecule has 5 aromatic rings. The van der Waals surface area contributed by atoms with E-state index in [1.807, 2.05) is 18.2 Å². The van der Waals surface area contributed by atoms with Crippen LogP contribution in [0.25, 0.3) is 27.9 Å². The van der Waals surface area contributed by atoms with Crippen molar-refractivity contribution in [3.8, 4) is 22.8 Å². The quantitative estimate of drug-likeness (QED) is 0.295. The Balaban J connectivity index is 1.43. The van der Waals surface area contributed by atoms with Crippen molar-refractivity contribution in [3.63, 3.8) is 0 Å². The number of nitro groups is 1. The molecule has 3 heterocycles. The van der Waals surface area contributed by atoms with E-state index in [1.54, 1.807) is 37.7 Å². The predicted molar refractivity (Wildman–Crippen MR) is 113 cm³/mol. The molecule has 0 bridgehead atoms. The van der Waals surface area contributed by atoms with Gasteiger partial charge in [0, 0.05) is 35.3 Å². The highest BCUT2D eigenvalue weighted by atomic mass is 16.6. The number of nitro benzene ring substituents is 1. The minimum Gasteiger partial charge on any atom is -0.497 e. The van der Waals surface area contributed by atoms with Gasteiger partial charge in [0.25, 0.3) is 11.5 Å². The molecule has 32 heavy (non-hydrogen) atoms.